The second-order valence-corrected chi connectivity index (χ2v) is 8.95. The van der Waals surface area contributed by atoms with Crippen LogP contribution < -0.4 is 9.62 Å². The molecule has 1 N–H and O–H groups in total. The average molecular weight is 387 g/mol. The zero-order valence-electron chi connectivity index (χ0n) is 15.8. The Morgan fingerprint density at radius 1 is 1.15 bits per heavy atom. The summed E-state index contributed by atoms with van der Waals surface area (Å²) in [6, 6.07) is 14.9. The van der Waals surface area contributed by atoms with Gasteiger partial charge in [0.1, 0.15) is 0 Å². The van der Waals surface area contributed by atoms with Crippen LogP contribution in [0.1, 0.15) is 54.2 Å². The van der Waals surface area contributed by atoms with Gasteiger partial charge in [0.2, 0.25) is 10.0 Å². The molecule has 1 aliphatic rings. The van der Waals surface area contributed by atoms with Crippen LogP contribution in [0.2, 0.25) is 0 Å². The van der Waals surface area contributed by atoms with Crippen LogP contribution in [-0.4, -0.2) is 26.6 Å². The van der Waals surface area contributed by atoms with E-state index < -0.39 is 10.0 Å². The van der Waals surface area contributed by atoms with E-state index in [1.165, 1.54) is 9.87 Å². The van der Waals surface area contributed by atoms with Crippen LogP contribution in [-0.2, 0) is 16.4 Å². The van der Waals surface area contributed by atoms with Gasteiger partial charge in [0.05, 0.1) is 17.5 Å². The molecule has 0 radical (unpaired) electrons. The zero-order valence-corrected chi connectivity index (χ0v) is 16.6. The number of carbonyl (C=O) groups excluding carboxylic acids is 1. The van der Waals surface area contributed by atoms with E-state index in [-0.39, 0.29) is 17.7 Å². The van der Waals surface area contributed by atoms with E-state index in [0.29, 0.717) is 24.2 Å². The van der Waals surface area contributed by atoms with Crippen molar-refractivity contribution in [1.82, 2.24) is 5.32 Å². The molecule has 1 saturated heterocycles. The maximum Gasteiger partial charge on any atom is 0.251 e. The topological polar surface area (TPSA) is 66.5 Å². The highest BCUT2D eigenvalue weighted by Crippen LogP contribution is 2.24. The van der Waals surface area contributed by atoms with Gasteiger partial charge in [-0.25, -0.2) is 8.42 Å². The number of nitrogens with one attached hydrogen (secondary N) is 1. The molecule has 0 spiro atoms. The molecule has 1 amide bonds. The monoisotopic (exact) mass is 386 g/mol. The minimum atomic E-state index is -3.29. The molecule has 3 rings (SSSR count). The third-order valence-electron chi connectivity index (χ3n) is 4.98. The highest BCUT2D eigenvalue weighted by Gasteiger charge is 2.26. The minimum absolute atomic E-state index is 0.134. The van der Waals surface area contributed by atoms with E-state index in [9.17, 15) is 13.2 Å². The maximum absolute atomic E-state index is 12.7. The van der Waals surface area contributed by atoms with Crippen LogP contribution in [0.15, 0.2) is 48.5 Å². The van der Waals surface area contributed by atoms with E-state index >= 15 is 0 Å². The first kappa shape index (κ1) is 19.4. The quantitative estimate of drug-likeness (QED) is 0.853. The summed E-state index contributed by atoms with van der Waals surface area (Å²) in [5.74, 6) is -0.0490. The fourth-order valence-corrected chi connectivity index (χ4v) is 4.92. The molecule has 2 aromatic carbocycles. The third kappa shape index (κ3) is 4.50. The number of hydrogen-bond donors (Lipinski definition) is 1. The molecule has 5 nitrogen and oxygen atoms in total. The fourth-order valence-electron chi connectivity index (χ4n) is 3.29. The number of rotatable bonds is 5. The van der Waals surface area contributed by atoms with Gasteiger partial charge in [-0.05, 0) is 55.5 Å². The van der Waals surface area contributed by atoms with E-state index in [4.69, 9.17) is 0 Å². The summed E-state index contributed by atoms with van der Waals surface area (Å²) in [5.41, 5.74) is 3.32. The number of carbonyl (C=O) groups is 1. The zero-order chi connectivity index (χ0) is 19.4. The van der Waals surface area contributed by atoms with Crippen LogP contribution >= 0.6 is 0 Å². The SMILES string of the molecule is CCc1ccc([C@H](C)NC(=O)c2cccc(N3CCCCS3(=O)=O)c2)cc1. The van der Waals surface area contributed by atoms with Crippen molar-refractivity contribution < 1.29 is 13.2 Å². The van der Waals surface area contributed by atoms with Crippen LogP contribution in [0, 0.1) is 0 Å². The van der Waals surface area contributed by atoms with Gasteiger partial charge in [-0.1, -0.05) is 37.3 Å². The van der Waals surface area contributed by atoms with Crippen LogP contribution in [0.4, 0.5) is 5.69 Å². The van der Waals surface area contributed by atoms with Gasteiger partial charge in [0.25, 0.3) is 5.91 Å². The Morgan fingerprint density at radius 3 is 2.56 bits per heavy atom. The molecule has 6 heteroatoms. The Hall–Kier alpha value is -2.34. The summed E-state index contributed by atoms with van der Waals surface area (Å²) in [6.07, 6.45) is 2.50. The van der Waals surface area contributed by atoms with Crippen molar-refractivity contribution in [2.24, 2.45) is 0 Å². The average Bonchev–Trinajstić information content (AvgIpc) is 2.67. The highest BCUT2D eigenvalue weighted by molar-refractivity contribution is 7.92. The normalized spacial score (nSPS) is 17.3. The predicted molar refractivity (Wildman–Crippen MR) is 109 cm³/mol. The smallest absolute Gasteiger partial charge is 0.251 e. The largest absolute Gasteiger partial charge is 0.346 e. The Labute approximate surface area is 161 Å². The second-order valence-electron chi connectivity index (χ2n) is 6.94. The van der Waals surface area contributed by atoms with Crippen LogP contribution in [0.25, 0.3) is 0 Å². The van der Waals surface area contributed by atoms with Crippen molar-refractivity contribution in [2.45, 2.75) is 39.2 Å². The molecular weight excluding hydrogens is 360 g/mol. The molecule has 0 aromatic heterocycles. The minimum Gasteiger partial charge on any atom is -0.346 e. The summed E-state index contributed by atoms with van der Waals surface area (Å²) >= 11 is 0. The van der Waals surface area contributed by atoms with Gasteiger partial charge in [-0.15, -0.1) is 0 Å². The fraction of sp³-hybridized carbons (Fsp3) is 0.381. The molecule has 1 atom stereocenters. The summed E-state index contributed by atoms with van der Waals surface area (Å²) < 4.78 is 26.0. The standard InChI is InChI=1S/C21H26N2O3S/c1-3-17-9-11-18(12-10-17)16(2)22-21(24)19-7-6-8-20(15-19)23-13-4-5-14-27(23,25)26/h6-12,15-16H,3-5,13-14H2,1-2H3,(H,22,24)/t16-/m0/s1. The van der Waals surface area contributed by atoms with Crippen LogP contribution in [0.3, 0.4) is 0 Å². The number of sulfonamides is 1. The molecule has 0 saturated carbocycles. The van der Waals surface area contributed by atoms with Gasteiger partial charge in [0, 0.05) is 12.1 Å². The Kier molecular flexibility index (Phi) is 5.85. The number of anilines is 1. The predicted octanol–water partition coefficient (Wildman–Crippen LogP) is 3.67. The summed E-state index contributed by atoms with van der Waals surface area (Å²) in [5, 5.41) is 2.99. The lowest BCUT2D eigenvalue weighted by atomic mass is 10.0. The van der Waals surface area contributed by atoms with Gasteiger partial charge < -0.3 is 5.32 Å². The molecule has 0 bridgehead atoms. The van der Waals surface area contributed by atoms with E-state index in [0.717, 1.165) is 18.4 Å². The molecular formula is C21H26N2O3S. The first-order chi connectivity index (χ1) is 12.9. The summed E-state index contributed by atoms with van der Waals surface area (Å²) in [6.45, 7) is 4.52. The van der Waals surface area contributed by atoms with Crippen molar-refractivity contribution >= 4 is 21.6 Å². The number of hydrogen-bond acceptors (Lipinski definition) is 3. The number of benzene rings is 2. The molecule has 2 aromatic rings. The van der Waals surface area contributed by atoms with Crippen LogP contribution in [0.5, 0.6) is 0 Å². The highest BCUT2D eigenvalue weighted by atomic mass is 32.2. The lowest BCUT2D eigenvalue weighted by Crippen LogP contribution is -2.38. The van der Waals surface area contributed by atoms with Crippen molar-refractivity contribution in [1.29, 1.82) is 0 Å². The van der Waals surface area contributed by atoms with E-state index in [2.05, 4.69) is 24.4 Å². The lowest BCUT2D eigenvalue weighted by Gasteiger charge is -2.28. The van der Waals surface area contributed by atoms with Crippen molar-refractivity contribution in [2.75, 3.05) is 16.6 Å². The summed E-state index contributed by atoms with van der Waals surface area (Å²) in [7, 11) is -3.29. The molecule has 0 unspecified atom stereocenters. The maximum atomic E-state index is 12.7. The van der Waals surface area contributed by atoms with Crippen molar-refractivity contribution in [3.05, 3.63) is 65.2 Å². The Morgan fingerprint density at radius 2 is 1.89 bits per heavy atom. The molecule has 0 aliphatic carbocycles. The summed E-state index contributed by atoms with van der Waals surface area (Å²) in [4.78, 5) is 12.7. The third-order valence-corrected chi connectivity index (χ3v) is 6.85. The molecule has 1 heterocycles. The van der Waals surface area contributed by atoms with Gasteiger partial charge in [-0.2, -0.15) is 0 Å². The number of nitrogens with zero attached hydrogens (tertiary/aromatic N) is 1. The second kappa shape index (κ2) is 8.13. The van der Waals surface area contributed by atoms with Crippen molar-refractivity contribution in [3.8, 4) is 0 Å². The Balaban J connectivity index is 1.75. The lowest BCUT2D eigenvalue weighted by molar-refractivity contribution is 0.0940. The van der Waals surface area contributed by atoms with Gasteiger partial charge in [0.15, 0.2) is 0 Å². The molecule has 27 heavy (non-hydrogen) atoms. The Bertz CT molecular complexity index is 907. The first-order valence-electron chi connectivity index (χ1n) is 9.41. The molecule has 1 aliphatic heterocycles. The van der Waals surface area contributed by atoms with Gasteiger partial charge >= 0.3 is 0 Å². The van der Waals surface area contributed by atoms with Crippen molar-refractivity contribution in [3.63, 3.8) is 0 Å². The van der Waals surface area contributed by atoms with E-state index in [1.54, 1.807) is 24.3 Å². The number of amides is 1. The number of aryl methyl sites for hydroxylation is 1. The van der Waals surface area contributed by atoms with Gasteiger partial charge in [-0.3, -0.25) is 9.10 Å². The molecule has 1 fully saturated rings. The van der Waals surface area contributed by atoms with E-state index in [1.807, 2.05) is 19.1 Å². The molecule has 144 valence electrons. The first-order valence-corrected chi connectivity index (χ1v) is 11.0.